The van der Waals surface area contributed by atoms with Gasteiger partial charge in [-0.3, -0.25) is 9.59 Å². The Morgan fingerprint density at radius 3 is 1.76 bits per heavy atom. The summed E-state index contributed by atoms with van der Waals surface area (Å²) in [6.45, 7) is 13.1. The van der Waals surface area contributed by atoms with E-state index in [0.717, 1.165) is 6.29 Å². The fourth-order valence-corrected chi connectivity index (χ4v) is 2.27. The molecule has 11 nitrogen and oxygen atoms in total. The molecule has 2 aromatic carbocycles. The standard InChI is InChI=1S/C13H13NO4.C9H10O3.C4H5NO2.CH4/c1-14-11(13(16)17-2)9-10-5-3-4-6-12(10)18-8-7-15;10-5-6-12-9-4-2-1-3-8(9)7-11;1-5-3-4(6)7-2;/h3-6,9,15H,7-8H2,2H3;1-4,7,10H,5-6H2;3H2,2H3;1H4/b11-9-;;;. The molecule has 0 aliphatic rings. The number of carbonyl (C=O) groups excluding carboxylic acids is 3. The molecule has 204 valence electrons. The maximum atomic E-state index is 11.3. The lowest BCUT2D eigenvalue weighted by Gasteiger charge is -2.07. The van der Waals surface area contributed by atoms with E-state index in [4.69, 9.17) is 32.8 Å². The topological polar surface area (TPSA) is 137 Å². The van der Waals surface area contributed by atoms with E-state index < -0.39 is 11.9 Å². The third kappa shape index (κ3) is 14.6. The minimum Gasteiger partial charge on any atom is -0.491 e. The van der Waals surface area contributed by atoms with Gasteiger partial charge in [0, 0.05) is 5.56 Å². The van der Waals surface area contributed by atoms with E-state index in [0.29, 0.717) is 22.6 Å². The van der Waals surface area contributed by atoms with E-state index >= 15 is 0 Å². The molecule has 0 heterocycles. The quantitative estimate of drug-likeness (QED) is 0.206. The maximum absolute atomic E-state index is 11.3. The van der Waals surface area contributed by atoms with Crippen molar-refractivity contribution >= 4 is 24.3 Å². The van der Waals surface area contributed by atoms with Crippen LogP contribution in [0, 0.1) is 13.1 Å². The van der Waals surface area contributed by atoms with Crippen molar-refractivity contribution in [2.75, 3.05) is 47.2 Å². The first-order valence-corrected chi connectivity index (χ1v) is 10.6. The van der Waals surface area contributed by atoms with Gasteiger partial charge in [0.15, 0.2) is 6.29 Å². The molecule has 0 aliphatic heterocycles. The lowest BCUT2D eigenvalue weighted by molar-refractivity contribution is -0.138. The maximum Gasteiger partial charge on any atom is 0.386 e. The summed E-state index contributed by atoms with van der Waals surface area (Å²) in [7, 11) is 2.48. The van der Waals surface area contributed by atoms with Crippen LogP contribution in [0.5, 0.6) is 11.5 Å². The van der Waals surface area contributed by atoms with Crippen LogP contribution in [0.4, 0.5) is 0 Å². The van der Waals surface area contributed by atoms with Crippen molar-refractivity contribution in [2.45, 2.75) is 7.43 Å². The second-order valence-electron chi connectivity index (χ2n) is 6.36. The summed E-state index contributed by atoms with van der Waals surface area (Å²) in [5.74, 6) is -0.157. The second kappa shape index (κ2) is 22.7. The average molecular weight is 529 g/mol. The normalized spacial score (nSPS) is 9.26. The molecule has 2 rings (SSSR count). The number of esters is 2. The predicted octanol–water partition coefficient (Wildman–Crippen LogP) is 3.08. The number of carbonyl (C=O) groups is 3. The molecule has 0 aromatic heterocycles. The summed E-state index contributed by atoms with van der Waals surface area (Å²) >= 11 is 0. The lowest BCUT2D eigenvalue weighted by atomic mass is 10.1. The first-order valence-electron chi connectivity index (χ1n) is 10.6. The Hall–Kier alpha value is -4.71. The Balaban J connectivity index is 0. The first-order chi connectivity index (χ1) is 17.9. The van der Waals surface area contributed by atoms with Crippen LogP contribution in [0.3, 0.4) is 0 Å². The van der Waals surface area contributed by atoms with Gasteiger partial charge in [0.25, 0.3) is 5.70 Å². The van der Waals surface area contributed by atoms with Crippen LogP contribution in [0.1, 0.15) is 23.3 Å². The van der Waals surface area contributed by atoms with E-state index in [1.54, 1.807) is 48.5 Å². The van der Waals surface area contributed by atoms with Gasteiger partial charge >= 0.3 is 18.5 Å². The zero-order valence-electron chi connectivity index (χ0n) is 20.5. The highest BCUT2D eigenvalue weighted by Crippen LogP contribution is 2.21. The molecular weight excluding hydrogens is 496 g/mol. The van der Waals surface area contributed by atoms with Crippen molar-refractivity contribution < 1.29 is 43.5 Å². The molecular formula is C27H32N2O9. The molecule has 11 heteroatoms. The minimum atomic E-state index is -0.693. The Morgan fingerprint density at radius 1 is 0.868 bits per heavy atom. The zero-order valence-corrected chi connectivity index (χ0v) is 20.5. The number of nitrogens with zero attached hydrogens (tertiary/aromatic N) is 2. The Labute approximate surface area is 222 Å². The van der Waals surface area contributed by atoms with Crippen molar-refractivity contribution in [2.24, 2.45) is 0 Å². The van der Waals surface area contributed by atoms with Gasteiger partial charge < -0.3 is 34.0 Å². The van der Waals surface area contributed by atoms with E-state index in [2.05, 4.69) is 19.2 Å². The van der Waals surface area contributed by atoms with Crippen molar-refractivity contribution in [3.63, 3.8) is 0 Å². The highest BCUT2D eigenvalue weighted by atomic mass is 16.5. The van der Waals surface area contributed by atoms with Gasteiger partial charge in [0.1, 0.15) is 24.7 Å². The van der Waals surface area contributed by atoms with Gasteiger partial charge in [0.05, 0.1) is 39.6 Å². The minimum absolute atomic E-state index is 0. The fourth-order valence-electron chi connectivity index (χ4n) is 2.27. The van der Waals surface area contributed by atoms with Crippen molar-refractivity contribution in [1.82, 2.24) is 0 Å². The monoisotopic (exact) mass is 528 g/mol. The van der Waals surface area contributed by atoms with E-state index in [9.17, 15) is 14.4 Å². The first kappa shape index (κ1) is 35.5. The summed E-state index contributed by atoms with van der Waals surface area (Å²) in [6.07, 6.45) is 2.12. The molecule has 0 saturated carbocycles. The molecule has 0 unspecified atom stereocenters. The summed E-state index contributed by atoms with van der Waals surface area (Å²) in [4.78, 5) is 37.6. The smallest absolute Gasteiger partial charge is 0.386 e. The summed E-state index contributed by atoms with van der Waals surface area (Å²) < 4.78 is 19.0. The number of hydrogen-bond acceptors (Lipinski definition) is 9. The highest BCUT2D eigenvalue weighted by Gasteiger charge is 2.11. The molecule has 2 N–H and O–H groups in total. The molecule has 0 fully saturated rings. The number of hydrogen-bond donors (Lipinski definition) is 2. The Morgan fingerprint density at radius 2 is 1.37 bits per heavy atom. The molecule has 0 bridgehead atoms. The van der Waals surface area contributed by atoms with Crippen molar-refractivity contribution in [1.29, 1.82) is 0 Å². The van der Waals surface area contributed by atoms with E-state index in [-0.39, 0.29) is 46.1 Å². The van der Waals surface area contributed by atoms with Crippen LogP contribution in [-0.4, -0.2) is 75.6 Å². The van der Waals surface area contributed by atoms with Gasteiger partial charge in [0.2, 0.25) is 0 Å². The van der Waals surface area contributed by atoms with Crippen LogP contribution in [0.15, 0.2) is 54.2 Å². The van der Waals surface area contributed by atoms with E-state index in [1.807, 2.05) is 0 Å². The number of aliphatic hydroxyl groups excluding tert-OH is 2. The van der Waals surface area contributed by atoms with Crippen LogP contribution in [0.25, 0.3) is 15.8 Å². The molecule has 2 aromatic rings. The highest BCUT2D eigenvalue weighted by molar-refractivity contribution is 5.95. The number of rotatable bonds is 10. The molecule has 38 heavy (non-hydrogen) atoms. The largest absolute Gasteiger partial charge is 0.491 e. The van der Waals surface area contributed by atoms with Gasteiger partial charge in [-0.05, 0) is 24.3 Å². The molecule has 0 atom stereocenters. The number of benzene rings is 2. The molecule has 0 amide bonds. The van der Waals surface area contributed by atoms with Gasteiger partial charge in [-0.25, -0.2) is 16.2 Å². The summed E-state index contributed by atoms with van der Waals surface area (Å²) in [5, 5.41) is 17.2. The fraction of sp³-hybridized carbons (Fsp3) is 0.296. The number of aldehydes is 1. The predicted molar refractivity (Wildman–Crippen MR) is 140 cm³/mol. The molecule has 0 aliphatic carbocycles. The van der Waals surface area contributed by atoms with Gasteiger partial charge in [-0.1, -0.05) is 37.8 Å². The zero-order chi connectivity index (χ0) is 27.9. The van der Waals surface area contributed by atoms with Crippen molar-refractivity contribution in [3.05, 3.63) is 88.2 Å². The second-order valence-corrected chi connectivity index (χ2v) is 6.36. The van der Waals surface area contributed by atoms with Gasteiger partial charge in [-0.15, -0.1) is 0 Å². The SMILES string of the molecule is C.O=Cc1ccccc1OCCO.[C-]#[N+]/C(=C\c1ccccc1OCCO)C(=O)OC.[C-]#[N+]CC(=O)OC. The van der Waals surface area contributed by atoms with Gasteiger partial charge in [-0.2, -0.15) is 0 Å². The summed E-state index contributed by atoms with van der Waals surface area (Å²) in [5.41, 5.74) is 0.964. The van der Waals surface area contributed by atoms with Crippen LogP contribution in [-0.2, 0) is 19.1 Å². The average Bonchev–Trinajstić information content (AvgIpc) is 2.94. The lowest BCUT2D eigenvalue weighted by Crippen LogP contribution is -2.04. The number of aliphatic hydroxyl groups is 2. The van der Waals surface area contributed by atoms with Crippen LogP contribution < -0.4 is 9.47 Å². The Bertz CT molecular complexity index is 1100. The number of ether oxygens (including phenoxy) is 4. The summed E-state index contributed by atoms with van der Waals surface area (Å²) in [6, 6.07) is 13.8. The molecule has 0 saturated heterocycles. The molecule has 0 spiro atoms. The van der Waals surface area contributed by atoms with Crippen molar-refractivity contribution in [3.8, 4) is 11.5 Å². The van der Waals surface area contributed by atoms with Crippen LogP contribution in [0.2, 0.25) is 0 Å². The van der Waals surface area contributed by atoms with Crippen LogP contribution >= 0.6 is 0 Å². The third-order valence-corrected chi connectivity index (χ3v) is 3.91. The third-order valence-electron chi connectivity index (χ3n) is 3.91. The molecule has 0 radical (unpaired) electrons. The number of para-hydroxylation sites is 2. The number of methoxy groups -OCH3 is 2. The van der Waals surface area contributed by atoms with E-state index in [1.165, 1.54) is 20.3 Å². The Kier molecular flexibility index (Phi) is 21.2.